The van der Waals surface area contributed by atoms with Crippen molar-refractivity contribution in [2.45, 2.75) is 19.3 Å². The maximum Gasteiger partial charge on any atom is 0.0562 e. The van der Waals surface area contributed by atoms with Crippen LogP contribution in [0.25, 0.3) is 60.9 Å². The van der Waals surface area contributed by atoms with Crippen molar-refractivity contribution in [3.05, 3.63) is 205 Å². The smallest absolute Gasteiger partial charge is 0.0562 e. The maximum atomic E-state index is 2.46. The Balaban J connectivity index is 1.27. The zero-order valence-corrected chi connectivity index (χ0v) is 29.9. The predicted octanol–water partition coefficient (Wildman–Crippen LogP) is 13.9. The SMILES string of the molecule is CC1(C)c2ccccc2-c2cc(N(c3ccc4c5c(-c6ccccc6)cccc5n(-c5ccccc5)c4c3)c3ccccc3-c3ccccc3)ccc21. The molecule has 1 aromatic heterocycles. The predicted molar refractivity (Wildman–Crippen MR) is 224 cm³/mol. The number of rotatable bonds is 6. The molecule has 0 saturated carbocycles. The van der Waals surface area contributed by atoms with Gasteiger partial charge in [-0.3, -0.25) is 0 Å². The highest BCUT2D eigenvalue weighted by Gasteiger charge is 2.35. The lowest BCUT2D eigenvalue weighted by Crippen LogP contribution is -2.15. The van der Waals surface area contributed by atoms with Gasteiger partial charge in [-0.2, -0.15) is 0 Å². The number of benzene rings is 8. The second kappa shape index (κ2) is 12.3. The molecule has 0 bridgehead atoms. The number of para-hydroxylation sites is 2. The van der Waals surface area contributed by atoms with E-state index in [0.29, 0.717) is 0 Å². The fourth-order valence-corrected chi connectivity index (χ4v) is 8.71. The van der Waals surface area contributed by atoms with Crippen LogP contribution in [-0.4, -0.2) is 4.57 Å². The Labute approximate surface area is 310 Å². The Hall–Kier alpha value is -6.64. The lowest BCUT2D eigenvalue weighted by atomic mass is 9.82. The lowest BCUT2D eigenvalue weighted by Gasteiger charge is -2.29. The van der Waals surface area contributed by atoms with Crippen molar-refractivity contribution in [3.63, 3.8) is 0 Å². The summed E-state index contributed by atoms with van der Waals surface area (Å²) in [6, 6.07) is 70.8. The van der Waals surface area contributed by atoms with E-state index in [1.807, 2.05) is 0 Å². The number of hydrogen-bond acceptors (Lipinski definition) is 1. The third-order valence-electron chi connectivity index (χ3n) is 11.2. The molecule has 1 aliphatic rings. The van der Waals surface area contributed by atoms with E-state index < -0.39 is 0 Å². The van der Waals surface area contributed by atoms with E-state index >= 15 is 0 Å². The summed E-state index contributed by atoms with van der Waals surface area (Å²) in [5.41, 5.74) is 17.0. The quantitative estimate of drug-likeness (QED) is 0.170. The minimum atomic E-state index is -0.0662. The molecule has 10 rings (SSSR count). The first kappa shape index (κ1) is 31.1. The molecule has 0 unspecified atom stereocenters. The van der Waals surface area contributed by atoms with E-state index in [4.69, 9.17) is 0 Å². The topological polar surface area (TPSA) is 8.17 Å². The van der Waals surface area contributed by atoms with Gasteiger partial charge in [0.05, 0.1) is 16.7 Å². The van der Waals surface area contributed by atoms with Crippen molar-refractivity contribution < 1.29 is 0 Å². The molecule has 1 aliphatic carbocycles. The van der Waals surface area contributed by atoms with Gasteiger partial charge in [0.2, 0.25) is 0 Å². The summed E-state index contributed by atoms with van der Waals surface area (Å²) in [7, 11) is 0. The fraction of sp³-hybridized carbons (Fsp3) is 0.0588. The average molecular weight is 679 g/mol. The molecule has 0 fully saturated rings. The van der Waals surface area contributed by atoms with Crippen molar-refractivity contribution in [1.29, 1.82) is 0 Å². The second-order valence-electron chi connectivity index (χ2n) is 14.6. The third kappa shape index (κ3) is 4.94. The fourth-order valence-electron chi connectivity index (χ4n) is 8.71. The third-order valence-corrected chi connectivity index (χ3v) is 11.2. The average Bonchev–Trinajstić information content (AvgIpc) is 3.67. The molecular formula is C51H38N2. The molecule has 0 amide bonds. The van der Waals surface area contributed by atoms with Crippen LogP contribution in [0.1, 0.15) is 25.0 Å². The van der Waals surface area contributed by atoms with Gasteiger partial charge in [0.25, 0.3) is 0 Å². The molecule has 252 valence electrons. The van der Waals surface area contributed by atoms with Crippen molar-refractivity contribution in [2.24, 2.45) is 0 Å². The zero-order chi connectivity index (χ0) is 35.5. The molecule has 0 aliphatic heterocycles. The standard InChI is InChI=1S/C51H38N2/c1-51(2)45-26-14-12-24-42(45)44-33-38(30-32-46(44)51)52(47-27-15-13-23-40(47)35-17-6-3-7-18-35)39-29-31-43-49(34-39)53(37-21-10-5-11-22-37)48-28-16-25-41(50(43)48)36-19-8-4-9-20-36/h3-34H,1-2H3. The van der Waals surface area contributed by atoms with E-state index in [1.54, 1.807) is 0 Å². The summed E-state index contributed by atoms with van der Waals surface area (Å²) in [6.07, 6.45) is 0. The maximum absolute atomic E-state index is 2.46. The molecule has 8 aromatic carbocycles. The summed E-state index contributed by atoms with van der Waals surface area (Å²) >= 11 is 0. The van der Waals surface area contributed by atoms with Crippen LogP contribution in [-0.2, 0) is 5.41 Å². The molecule has 53 heavy (non-hydrogen) atoms. The van der Waals surface area contributed by atoms with Crippen LogP contribution in [0.15, 0.2) is 194 Å². The lowest BCUT2D eigenvalue weighted by molar-refractivity contribution is 0.660. The number of anilines is 3. The highest BCUT2D eigenvalue weighted by Crippen LogP contribution is 2.51. The molecule has 2 heteroatoms. The van der Waals surface area contributed by atoms with Crippen LogP contribution in [0, 0.1) is 0 Å². The second-order valence-corrected chi connectivity index (χ2v) is 14.6. The van der Waals surface area contributed by atoms with Gasteiger partial charge in [0.15, 0.2) is 0 Å². The van der Waals surface area contributed by atoms with Crippen molar-refractivity contribution in [2.75, 3.05) is 4.90 Å². The first-order valence-corrected chi connectivity index (χ1v) is 18.4. The normalized spacial score (nSPS) is 12.9. The Bertz CT molecular complexity index is 2790. The molecule has 0 atom stereocenters. The monoisotopic (exact) mass is 678 g/mol. The molecule has 1 heterocycles. The summed E-state index contributed by atoms with van der Waals surface area (Å²) < 4.78 is 2.43. The van der Waals surface area contributed by atoms with Crippen molar-refractivity contribution in [1.82, 2.24) is 4.57 Å². The van der Waals surface area contributed by atoms with E-state index in [2.05, 4.69) is 217 Å². The van der Waals surface area contributed by atoms with Gasteiger partial charge in [-0.15, -0.1) is 0 Å². The van der Waals surface area contributed by atoms with Crippen LogP contribution in [0.5, 0.6) is 0 Å². The molecule has 0 spiro atoms. The van der Waals surface area contributed by atoms with Crippen LogP contribution >= 0.6 is 0 Å². The number of hydrogen-bond donors (Lipinski definition) is 0. The number of fused-ring (bicyclic) bond motifs is 6. The Kier molecular flexibility index (Phi) is 7.19. The Morgan fingerprint density at radius 2 is 0.981 bits per heavy atom. The van der Waals surface area contributed by atoms with Gasteiger partial charge >= 0.3 is 0 Å². The molecule has 9 aromatic rings. The highest BCUT2D eigenvalue weighted by atomic mass is 15.1. The Morgan fingerprint density at radius 1 is 0.415 bits per heavy atom. The van der Waals surface area contributed by atoms with E-state index in [1.165, 1.54) is 66.3 Å². The molecular weight excluding hydrogens is 641 g/mol. The summed E-state index contributed by atoms with van der Waals surface area (Å²) in [5, 5.41) is 2.49. The van der Waals surface area contributed by atoms with Crippen molar-refractivity contribution in [3.8, 4) is 39.1 Å². The van der Waals surface area contributed by atoms with Crippen molar-refractivity contribution >= 4 is 38.9 Å². The summed E-state index contributed by atoms with van der Waals surface area (Å²) in [6.45, 7) is 4.69. The summed E-state index contributed by atoms with van der Waals surface area (Å²) in [5.74, 6) is 0. The van der Waals surface area contributed by atoms with Gasteiger partial charge in [0.1, 0.15) is 0 Å². The van der Waals surface area contributed by atoms with Crippen LogP contribution < -0.4 is 4.90 Å². The van der Waals surface area contributed by atoms with Gasteiger partial charge in [-0.1, -0.05) is 159 Å². The van der Waals surface area contributed by atoms with E-state index in [9.17, 15) is 0 Å². The molecule has 0 saturated heterocycles. The van der Waals surface area contributed by atoms with Gasteiger partial charge < -0.3 is 9.47 Å². The van der Waals surface area contributed by atoms with Crippen LogP contribution in [0.4, 0.5) is 17.1 Å². The molecule has 0 radical (unpaired) electrons. The largest absolute Gasteiger partial charge is 0.310 e. The number of aromatic nitrogens is 1. The summed E-state index contributed by atoms with van der Waals surface area (Å²) in [4.78, 5) is 2.46. The zero-order valence-electron chi connectivity index (χ0n) is 29.9. The minimum Gasteiger partial charge on any atom is -0.310 e. The number of nitrogens with zero attached hydrogens (tertiary/aromatic N) is 2. The first-order valence-electron chi connectivity index (χ1n) is 18.4. The van der Waals surface area contributed by atoms with Gasteiger partial charge in [0, 0.05) is 38.8 Å². The van der Waals surface area contributed by atoms with Crippen LogP contribution in [0.2, 0.25) is 0 Å². The Morgan fingerprint density at radius 3 is 1.74 bits per heavy atom. The minimum absolute atomic E-state index is 0.0662. The van der Waals surface area contributed by atoms with Gasteiger partial charge in [-0.25, -0.2) is 0 Å². The highest BCUT2D eigenvalue weighted by molar-refractivity contribution is 6.16. The molecule has 2 nitrogen and oxygen atoms in total. The van der Waals surface area contributed by atoms with Gasteiger partial charge in [-0.05, 0) is 87.5 Å². The van der Waals surface area contributed by atoms with Crippen LogP contribution in [0.3, 0.4) is 0 Å². The molecule has 0 N–H and O–H groups in total. The van der Waals surface area contributed by atoms with E-state index in [0.717, 1.165) is 22.7 Å². The first-order chi connectivity index (χ1) is 26.1. The van der Waals surface area contributed by atoms with E-state index in [-0.39, 0.29) is 5.41 Å².